The van der Waals surface area contributed by atoms with E-state index in [4.69, 9.17) is 9.47 Å². The number of unbranched alkanes of at least 4 members (excludes halogenated alkanes) is 2. The molecule has 0 radical (unpaired) electrons. The van der Waals surface area contributed by atoms with Gasteiger partial charge in [0, 0.05) is 25.4 Å². The van der Waals surface area contributed by atoms with Crippen LogP contribution in [0.1, 0.15) is 57.6 Å². The molecule has 8 nitrogen and oxygen atoms in total. The Morgan fingerprint density at radius 2 is 2.03 bits per heavy atom. The maximum absolute atomic E-state index is 14.6. The van der Waals surface area contributed by atoms with Crippen LogP contribution in [0.2, 0.25) is 0 Å². The molecule has 3 saturated heterocycles. The summed E-state index contributed by atoms with van der Waals surface area (Å²) in [6.07, 6.45) is 4.18. The van der Waals surface area contributed by atoms with Crippen molar-refractivity contribution in [1.29, 1.82) is 0 Å². The van der Waals surface area contributed by atoms with Crippen molar-refractivity contribution in [2.75, 3.05) is 31.2 Å². The first kappa shape index (κ1) is 28.3. The maximum Gasteiger partial charge on any atom is 0.312 e. The molecular weight excluding hydrogens is 484 g/mol. The molecular formula is C30H42N2O6. The van der Waals surface area contributed by atoms with Gasteiger partial charge in [-0.25, -0.2) is 0 Å². The highest BCUT2D eigenvalue weighted by atomic mass is 16.6. The zero-order valence-corrected chi connectivity index (χ0v) is 23.4. The number of nitrogens with zero attached hydrogens (tertiary/aromatic N) is 2. The topological polar surface area (TPSA) is 96.4 Å². The summed E-state index contributed by atoms with van der Waals surface area (Å²) in [7, 11) is 0. The van der Waals surface area contributed by atoms with E-state index in [-0.39, 0.29) is 37.5 Å². The van der Waals surface area contributed by atoms with Crippen LogP contribution in [0.15, 0.2) is 30.9 Å². The number of amides is 2. The standard InChI is InChI=1S/C30H42N2O6/c1-7-14-31(22-17-19(3)12-13-20(22)4)27(35)25-30-18-21(5)29(6,38-30)24(28(36)37-8-2)23(30)26(34)32(25)15-10-9-11-16-33/h7,12-13,17,21,23-25,33H,1,8-11,14-16,18H2,2-6H3/t21?,23-,24+,25?,29-,30?/m0/s1. The van der Waals surface area contributed by atoms with Gasteiger partial charge in [-0.2, -0.15) is 0 Å². The van der Waals surface area contributed by atoms with E-state index in [0.717, 1.165) is 23.2 Å². The van der Waals surface area contributed by atoms with Crippen molar-refractivity contribution in [3.05, 3.63) is 42.0 Å². The first-order valence-electron chi connectivity index (χ1n) is 13.8. The molecule has 1 N–H and O–H groups in total. The number of benzene rings is 1. The lowest BCUT2D eigenvalue weighted by molar-refractivity contribution is -0.161. The zero-order valence-electron chi connectivity index (χ0n) is 23.4. The fourth-order valence-corrected chi connectivity index (χ4v) is 7.01. The van der Waals surface area contributed by atoms with Crippen LogP contribution in [0, 0.1) is 31.6 Å². The van der Waals surface area contributed by atoms with Crippen LogP contribution >= 0.6 is 0 Å². The van der Waals surface area contributed by atoms with Crippen LogP contribution in [-0.2, 0) is 23.9 Å². The molecule has 3 aliphatic rings. The summed E-state index contributed by atoms with van der Waals surface area (Å²) in [5.74, 6) is -2.48. The van der Waals surface area contributed by atoms with Gasteiger partial charge in [0.2, 0.25) is 5.91 Å². The van der Waals surface area contributed by atoms with E-state index < -0.39 is 35.0 Å². The van der Waals surface area contributed by atoms with E-state index in [1.165, 1.54) is 0 Å². The highest BCUT2D eigenvalue weighted by Gasteiger charge is 2.80. The van der Waals surface area contributed by atoms with Crippen molar-refractivity contribution in [2.45, 2.75) is 77.5 Å². The second-order valence-electron chi connectivity index (χ2n) is 11.3. The maximum atomic E-state index is 14.6. The first-order valence-corrected chi connectivity index (χ1v) is 13.8. The number of ether oxygens (including phenoxy) is 2. The molecule has 6 atom stereocenters. The molecule has 1 aromatic carbocycles. The van der Waals surface area contributed by atoms with Crippen LogP contribution < -0.4 is 4.90 Å². The molecule has 8 heteroatoms. The number of anilines is 1. The minimum absolute atomic E-state index is 0.0424. The lowest BCUT2D eigenvalue weighted by atomic mass is 9.62. The average molecular weight is 527 g/mol. The lowest BCUT2D eigenvalue weighted by Gasteiger charge is -2.37. The molecule has 3 unspecified atom stereocenters. The van der Waals surface area contributed by atoms with E-state index >= 15 is 0 Å². The third kappa shape index (κ3) is 4.35. The molecule has 2 bridgehead atoms. The van der Waals surface area contributed by atoms with Crippen molar-refractivity contribution in [3.63, 3.8) is 0 Å². The zero-order chi connectivity index (χ0) is 27.8. The quantitative estimate of drug-likeness (QED) is 0.269. The summed E-state index contributed by atoms with van der Waals surface area (Å²) in [5, 5.41) is 9.25. The number of carbonyl (C=O) groups excluding carboxylic acids is 3. The van der Waals surface area contributed by atoms with E-state index in [1.54, 1.807) is 22.8 Å². The number of hydrogen-bond donors (Lipinski definition) is 1. The predicted octanol–water partition coefficient (Wildman–Crippen LogP) is 3.56. The van der Waals surface area contributed by atoms with Gasteiger partial charge in [-0.15, -0.1) is 6.58 Å². The normalized spacial score (nSPS) is 31.4. The van der Waals surface area contributed by atoms with E-state index in [1.807, 2.05) is 45.9 Å². The Morgan fingerprint density at radius 1 is 1.29 bits per heavy atom. The molecule has 2 amide bonds. The van der Waals surface area contributed by atoms with E-state index in [9.17, 15) is 19.5 Å². The van der Waals surface area contributed by atoms with Crippen LogP contribution in [-0.4, -0.2) is 71.3 Å². The van der Waals surface area contributed by atoms with Crippen LogP contribution in [0.5, 0.6) is 0 Å². The second kappa shape index (κ2) is 10.8. The molecule has 208 valence electrons. The van der Waals surface area contributed by atoms with Gasteiger partial charge in [-0.05, 0) is 76.5 Å². The Hall–Kier alpha value is -2.71. The van der Waals surface area contributed by atoms with Gasteiger partial charge < -0.3 is 24.4 Å². The van der Waals surface area contributed by atoms with Crippen molar-refractivity contribution >= 4 is 23.5 Å². The van der Waals surface area contributed by atoms with Gasteiger partial charge in [0.15, 0.2) is 0 Å². The second-order valence-corrected chi connectivity index (χ2v) is 11.3. The van der Waals surface area contributed by atoms with Crippen LogP contribution in [0.25, 0.3) is 0 Å². The molecule has 3 aliphatic heterocycles. The van der Waals surface area contributed by atoms with Gasteiger partial charge >= 0.3 is 5.97 Å². The molecule has 38 heavy (non-hydrogen) atoms. The number of aliphatic hydroxyl groups is 1. The summed E-state index contributed by atoms with van der Waals surface area (Å²) in [4.78, 5) is 45.4. The summed E-state index contributed by atoms with van der Waals surface area (Å²) in [5.41, 5.74) is 0.731. The summed E-state index contributed by atoms with van der Waals surface area (Å²) in [6.45, 7) is 14.4. The van der Waals surface area contributed by atoms with Crippen LogP contribution in [0.4, 0.5) is 5.69 Å². The number of aryl methyl sites for hydroxylation is 2. The van der Waals surface area contributed by atoms with Crippen molar-refractivity contribution in [2.24, 2.45) is 17.8 Å². The van der Waals surface area contributed by atoms with Gasteiger partial charge in [0.25, 0.3) is 5.91 Å². The fraction of sp³-hybridized carbons (Fsp3) is 0.633. The Labute approximate surface area is 226 Å². The van der Waals surface area contributed by atoms with Crippen molar-refractivity contribution < 1.29 is 29.0 Å². The van der Waals surface area contributed by atoms with E-state index in [2.05, 4.69) is 6.58 Å². The third-order valence-corrected chi connectivity index (χ3v) is 8.88. The molecule has 0 aliphatic carbocycles. The summed E-state index contributed by atoms with van der Waals surface area (Å²) < 4.78 is 12.2. The van der Waals surface area contributed by atoms with Gasteiger partial charge in [-0.1, -0.05) is 25.1 Å². The monoisotopic (exact) mass is 526 g/mol. The van der Waals surface area contributed by atoms with Gasteiger partial charge in [0.1, 0.15) is 17.6 Å². The number of carbonyl (C=O) groups is 3. The Bertz CT molecular complexity index is 1100. The van der Waals surface area contributed by atoms with Crippen molar-refractivity contribution in [3.8, 4) is 0 Å². The molecule has 3 fully saturated rings. The van der Waals surface area contributed by atoms with Gasteiger partial charge in [-0.3, -0.25) is 14.4 Å². The number of hydrogen-bond acceptors (Lipinski definition) is 6. The first-order chi connectivity index (χ1) is 18.1. The average Bonchev–Trinajstić information content (AvgIpc) is 3.38. The molecule has 1 spiro atoms. The number of fused-ring (bicyclic) bond motifs is 1. The molecule has 3 heterocycles. The van der Waals surface area contributed by atoms with Crippen molar-refractivity contribution in [1.82, 2.24) is 4.90 Å². The smallest absolute Gasteiger partial charge is 0.312 e. The summed E-state index contributed by atoms with van der Waals surface area (Å²) >= 11 is 0. The summed E-state index contributed by atoms with van der Waals surface area (Å²) in [6, 6.07) is 5.09. The predicted molar refractivity (Wildman–Crippen MR) is 145 cm³/mol. The Kier molecular flexibility index (Phi) is 8.05. The highest BCUT2D eigenvalue weighted by molar-refractivity contribution is 6.05. The number of esters is 1. The minimum atomic E-state index is -1.12. The lowest BCUT2D eigenvalue weighted by Crippen LogP contribution is -2.57. The molecule has 1 aromatic rings. The minimum Gasteiger partial charge on any atom is -0.466 e. The SMILES string of the molecule is C=CCN(C(=O)C1N(CCCCCO)C(=O)[C@@H]2[C@H](C(=O)OCC)[C@@]3(C)OC12CC3C)c1cc(C)ccc1C. The van der Waals surface area contributed by atoms with Crippen LogP contribution in [0.3, 0.4) is 0 Å². The fourth-order valence-electron chi connectivity index (χ4n) is 7.01. The Balaban J connectivity index is 1.82. The number of likely N-dealkylation sites (tertiary alicyclic amines) is 1. The largest absolute Gasteiger partial charge is 0.466 e. The third-order valence-electron chi connectivity index (χ3n) is 8.88. The molecule has 0 aromatic heterocycles. The number of rotatable bonds is 11. The highest BCUT2D eigenvalue weighted by Crippen LogP contribution is 2.65. The van der Waals surface area contributed by atoms with Gasteiger partial charge in [0.05, 0.1) is 18.1 Å². The number of aliphatic hydroxyl groups excluding tert-OH is 1. The molecule has 4 rings (SSSR count). The van der Waals surface area contributed by atoms with E-state index in [0.29, 0.717) is 25.8 Å². The Morgan fingerprint density at radius 3 is 2.68 bits per heavy atom. The molecule has 0 saturated carbocycles.